The molecule has 0 spiro atoms. The molecular formula is C25H46O3S. The monoisotopic (exact) mass is 426 g/mol. The Labute approximate surface area is 184 Å². The number of ether oxygens (including phenoxy) is 1. The normalized spacial score (nSPS) is 23.8. The van der Waals surface area contributed by atoms with Crippen molar-refractivity contribution >= 4 is 17.7 Å². The highest BCUT2D eigenvalue weighted by Gasteiger charge is 2.33. The van der Waals surface area contributed by atoms with Crippen molar-refractivity contribution in [1.29, 1.82) is 0 Å². The van der Waals surface area contributed by atoms with Crippen molar-refractivity contribution in [3.05, 3.63) is 11.6 Å². The summed E-state index contributed by atoms with van der Waals surface area (Å²) in [4.78, 5) is 11.9. The Kier molecular flexibility index (Phi) is 11.9. The molecule has 0 aromatic carbocycles. The molecule has 4 unspecified atom stereocenters. The van der Waals surface area contributed by atoms with Crippen molar-refractivity contribution in [1.82, 2.24) is 0 Å². The molecule has 1 aliphatic carbocycles. The second kappa shape index (κ2) is 13.0. The smallest absolute Gasteiger partial charge is 0.309 e. The first kappa shape index (κ1) is 26.6. The first-order valence-electron chi connectivity index (χ1n) is 12.0. The zero-order chi connectivity index (χ0) is 21.9. The molecule has 1 N–H and O–H groups in total. The molecule has 0 saturated carbocycles. The van der Waals surface area contributed by atoms with E-state index in [9.17, 15) is 9.90 Å². The number of carbonyl (C=O) groups is 1. The van der Waals surface area contributed by atoms with Crippen LogP contribution in [0.2, 0.25) is 0 Å². The predicted octanol–water partition coefficient (Wildman–Crippen LogP) is 6.93. The molecule has 0 amide bonds. The summed E-state index contributed by atoms with van der Waals surface area (Å²) in [6, 6.07) is 0. The second-order valence-corrected chi connectivity index (χ2v) is 10.8. The van der Waals surface area contributed by atoms with Gasteiger partial charge in [-0.05, 0) is 69.5 Å². The summed E-state index contributed by atoms with van der Waals surface area (Å²) in [5.74, 6) is 2.31. The Hall–Kier alpha value is -0.480. The summed E-state index contributed by atoms with van der Waals surface area (Å²) in [7, 11) is 0. The van der Waals surface area contributed by atoms with Gasteiger partial charge >= 0.3 is 5.97 Å². The highest BCUT2D eigenvalue weighted by atomic mass is 32.2. The molecule has 0 aromatic heterocycles. The number of thioether (sulfide) groups is 1. The van der Waals surface area contributed by atoms with Gasteiger partial charge in [0.2, 0.25) is 0 Å². The van der Waals surface area contributed by atoms with E-state index in [-0.39, 0.29) is 12.4 Å². The number of hydrogen-bond donors (Lipinski definition) is 1. The molecule has 0 radical (unpaired) electrons. The van der Waals surface area contributed by atoms with Crippen LogP contribution in [0.4, 0.5) is 0 Å². The number of carbonyl (C=O) groups excluding carboxylic acids is 1. The summed E-state index contributed by atoms with van der Waals surface area (Å²) in [6.45, 7) is 13.9. The van der Waals surface area contributed by atoms with Gasteiger partial charge in [-0.1, -0.05) is 59.1 Å². The zero-order valence-electron chi connectivity index (χ0n) is 19.9. The fraction of sp³-hybridized carbons (Fsp3) is 0.880. The lowest BCUT2D eigenvalue weighted by Crippen LogP contribution is -2.33. The summed E-state index contributed by atoms with van der Waals surface area (Å²) in [5.41, 5.74) is 0.326. The number of rotatable bonds is 14. The lowest BCUT2D eigenvalue weighted by molar-refractivity contribution is -0.147. The van der Waals surface area contributed by atoms with Crippen molar-refractivity contribution in [3.8, 4) is 0 Å². The zero-order valence-corrected chi connectivity index (χ0v) is 20.7. The topological polar surface area (TPSA) is 46.5 Å². The minimum atomic E-state index is -1.01. The van der Waals surface area contributed by atoms with Crippen LogP contribution in [0.1, 0.15) is 106 Å². The van der Waals surface area contributed by atoms with Gasteiger partial charge in [-0.15, -0.1) is 0 Å². The predicted molar refractivity (Wildman–Crippen MR) is 126 cm³/mol. The number of esters is 1. The summed E-state index contributed by atoms with van der Waals surface area (Å²) in [6.07, 6.45) is 12.0. The molecule has 1 aliphatic rings. The number of aliphatic hydroxyl groups is 1. The van der Waals surface area contributed by atoms with Crippen LogP contribution in [0.25, 0.3) is 0 Å². The molecule has 170 valence electrons. The van der Waals surface area contributed by atoms with E-state index in [4.69, 9.17) is 4.74 Å². The summed E-state index contributed by atoms with van der Waals surface area (Å²) in [5, 5.41) is 10.9. The van der Waals surface area contributed by atoms with E-state index in [1.165, 1.54) is 43.4 Å². The maximum Gasteiger partial charge on any atom is 0.309 e. The fourth-order valence-corrected chi connectivity index (χ4v) is 6.33. The summed E-state index contributed by atoms with van der Waals surface area (Å²) >= 11 is 2.13. The quantitative estimate of drug-likeness (QED) is 0.242. The third-order valence-corrected chi connectivity index (χ3v) is 8.49. The Morgan fingerprint density at radius 2 is 1.97 bits per heavy atom. The Morgan fingerprint density at radius 3 is 2.52 bits per heavy atom. The van der Waals surface area contributed by atoms with Crippen LogP contribution >= 0.6 is 11.8 Å². The van der Waals surface area contributed by atoms with Crippen LogP contribution in [0.5, 0.6) is 0 Å². The molecular weight excluding hydrogens is 380 g/mol. The molecule has 0 fully saturated rings. The molecule has 29 heavy (non-hydrogen) atoms. The van der Waals surface area contributed by atoms with Crippen LogP contribution in [0.3, 0.4) is 0 Å². The van der Waals surface area contributed by atoms with E-state index >= 15 is 0 Å². The molecule has 1 rings (SSSR count). The van der Waals surface area contributed by atoms with Crippen molar-refractivity contribution in [2.24, 2.45) is 11.8 Å². The molecule has 0 bridgehead atoms. The van der Waals surface area contributed by atoms with Crippen LogP contribution in [0, 0.1) is 11.8 Å². The third kappa shape index (κ3) is 8.65. The standard InChI is InChI=1S/C25H46O3S/c1-7-20(14-15-22(8-2)24(6,9-3)29-11-5)17-21-13-12-16-25(27,18-21)19-23(26)28-10-4/h18,20,22,27H,7-17,19H2,1-6H3. The van der Waals surface area contributed by atoms with E-state index in [0.717, 1.165) is 25.2 Å². The van der Waals surface area contributed by atoms with Gasteiger partial charge in [0, 0.05) is 4.75 Å². The highest BCUT2D eigenvalue weighted by molar-refractivity contribution is 8.00. The summed E-state index contributed by atoms with van der Waals surface area (Å²) < 4.78 is 5.44. The lowest BCUT2D eigenvalue weighted by Gasteiger charge is -2.37. The van der Waals surface area contributed by atoms with Crippen molar-refractivity contribution in [3.63, 3.8) is 0 Å². The Bertz CT molecular complexity index is 518. The number of hydrogen-bond acceptors (Lipinski definition) is 4. The van der Waals surface area contributed by atoms with Crippen LogP contribution < -0.4 is 0 Å². The molecule has 4 atom stereocenters. The average Bonchev–Trinajstić information content (AvgIpc) is 2.67. The van der Waals surface area contributed by atoms with Crippen molar-refractivity contribution in [2.45, 2.75) is 116 Å². The maximum atomic E-state index is 11.9. The second-order valence-electron chi connectivity index (χ2n) is 9.00. The molecule has 3 nitrogen and oxygen atoms in total. The van der Waals surface area contributed by atoms with E-state index < -0.39 is 5.60 Å². The fourth-order valence-electron chi connectivity index (χ4n) is 4.95. The first-order chi connectivity index (χ1) is 13.8. The van der Waals surface area contributed by atoms with Crippen LogP contribution in [-0.2, 0) is 9.53 Å². The van der Waals surface area contributed by atoms with Gasteiger partial charge in [0.1, 0.15) is 0 Å². The van der Waals surface area contributed by atoms with E-state index in [1.54, 1.807) is 0 Å². The lowest BCUT2D eigenvalue weighted by atomic mass is 9.78. The van der Waals surface area contributed by atoms with E-state index in [1.807, 2.05) is 13.0 Å². The molecule has 0 saturated heterocycles. The van der Waals surface area contributed by atoms with Crippen LogP contribution in [-0.4, -0.2) is 33.8 Å². The largest absolute Gasteiger partial charge is 0.466 e. The SMILES string of the molecule is CCOC(=O)CC1(O)C=C(CC(CC)CCC(CC)C(C)(CC)SCC)CCC1. The van der Waals surface area contributed by atoms with Crippen molar-refractivity contribution in [2.75, 3.05) is 12.4 Å². The van der Waals surface area contributed by atoms with Gasteiger partial charge in [-0.25, -0.2) is 0 Å². The minimum Gasteiger partial charge on any atom is -0.466 e. The minimum absolute atomic E-state index is 0.0855. The average molecular weight is 427 g/mol. The molecule has 0 aromatic rings. The Balaban J connectivity index is 2.72. The molecule has 0 aliphatic heterocycles. The first-order valence-corrected chi connectivity index (χ1v) is 13.0. The molecule has 4 heteroatoms. The van der Waals surface area contributed by atoms with Gasteiger partial charge in [-0.2, -0.15) is 11.8 Å². The number of allylic oxidation sites excluding steroid dienone is 1. The highest BCUT2D eigenvalue weighted by Crippen LogP contribution is 2.42. The van der Waals surface area contributed by atoms with Gasteiger partial charge in [0.25, 0.3) is 0 Å². The Morgan fingerprint density at radius 1 is 1.24 bits per heavy atom. The maximum absolute atomic E-state index is 11.9. The van der Waals surface area contributed by atoms with Gasteiger partial charge < -0.3 is 9.84 Å². The van der Waals surface area contributed by atoms with E-state index in [0.29, 0.717) is 23.7 Å². The third-order valence-electron chi connectivity index (χ3n) is 6.92. The molecule has 0 heterocycles. The van der Waals surface area contributed by atoms with Crippen LogP contribution in [0.15, 0.2) is 11.6 Å². The van der Waals surface area contributed by atoms with Crippen molar-refractivity contribution < 1.29 is 14.6 Å². The van der Waals surface area contributed by atoms with Gasteiger partial charge in [0.15, 0.2) is 0 Å². The van der Waals surface area contributed by atoms with E-state index in [2.05, 4.69) is 46.4 Å². The van der Waals surface area contributed by atoms with Gasteiger partial charge in [-0.3, -0.25) is 4.79 Å². The van der Waals surface area contributed by atoms with Gasteiger partial charge in [0.05, 0.1) is 18.6 Å².